The SMILES string of the molecule is COc1ccc([C@@H]2Oc3cc(OC)ccc3C(=O)[C@H]2O)cc1. The second-order valence-electron chi connectivity index (χ2n) is 4.98. The maximum Gasteiger partial charge on any atom is 0.199 e. The number of ketones is 1. The molecular formula is C17H16O5. The summed E-state index contributed by atoms with van der Waals surface area (Å²) in [6.07, 6.45) is -1.99. The summed E-state index contributed by atoms with van der Waals surface area (Å²) in [5.41, 5.74) is 1.06. The monoisotopic (exact) mass is 300 g/mol. The smallest absolute Gasteiger partial charge is 0.199 e. The Morgan fingerprint density at radius 3 is 2.27 bits per heavy atom. The molecule has 5 nitrogen and oxygen atoms in total. The number of hydrogen-bond acceptors (Lipinski definition) is 5. The van der Waals surface area contributed by atoms with Crippen molar-refractivity contribution in [3.05, 3.63) is 53.6 Å². The molecule has 0 saturated heterocycles. The molecule has 3 rings (SSSR count). The van der Waals surface area contributed by atoms with Crippen LogP contribution in [0.15, 0.2) is 42.5 Å². The number of fused-ring (bicyclic) bond motifs is 1. The van der Waals surface area contributed by atoms with Gasteiger partial charge in [0.1, 0.15) is 17.2 Å². The molecule has 0 saturated carbocycles. The van der Waals surface area contributed by atoms with Gasteiger partial charge in [-0.2, -0.15) is 0 Å². The molecule has 2 aromatic rings. The van der Waals surface area contributed by atoms with E-state index in [2.05, 4.69) is 0 Å². The first kappa shape index (κ1) is 14.4. The minimum atomic E-state index is -1.24. The van der Waals surface area contributed by atoms with Crippen LogP contribution >= 0.6 is 0 Å². The zero-order valence-electron chi connectivity index (χ0n) is 12.3. The van der Waals surface area contributed by atoms with Crippen LogP contribution in [0.4, 0.5) is 0 Å². The van der Waals surface area contributed by atoms with Crippen LogP contribution in [0.25, 0.3) is 0 Å². The third-order valence-corrected chi connectivity index (χ3v) is 3.71. The van der Waals surface area contributed by atoms with Gasteiger partial charge in [0.15, 0.2) is 18.0 Å². The standard InChI is InChI=1S/C17H16O5/c1-20-11-5-3-10(4-6-11)17-16(19)15(18)13-8-7-12(21-2)9-14(13)22-17/h3-9,16-17,19H,1-2H3/t16-,17+/m1/s1. The lowest BCUT2D eigenvalue weighted by atomic mass is 9.93. The fourth-order valence-corrected chi connectivity index (χ4v) is 2.47. The maximum absolute atomic E-state index is 12.3. The fraction of sp³-hybridized carbons (Fsp3) is 0.235. The van der Waals surface area contributed by atoms with E-state index in [1.165, 1.54) is 0 Å². The van der Waals surface area contributed by atoms with Crippen LogP contribution in [0.1, 0.15) is 22.0 Å². The van der Waals surface area contributed by atoms with Gasteiger partial charge in [-0.15, -0.1) is 0 Å². The van der Waals surface area contributed by atoms with E-state index in [1.807, 2.05) is 0 Å². The van der Waals surface area contributed by atoms with Gasteiger partial charge in [-0.1, -0.05) is 12.1 Å². The van der Waals surface area contributed by atoms with Crippen molar-refractivity contribution in [2.75, 3.05) is 14.2 Å². The van der Waals surface area contributed by atoms with Crippen molar-refractivity contribution < 1.29 is 24.1 Å². The van der Waals surface area contributed by atoms with Crippen LogP contribution in [0.3, 0.4) is 0 Å². The summed E-state index contributed by atoms with van der Waals surface area (Å²) in [7, 11) is 3.12. The van der Waals surface area contributed by atoms with Gasteiger partial charge >= 0.3 is 0 Å². The van der Waals surface area contributed by atoms with Crippen LogP contribution in [-0.4, -0.2) is 31.2 Å². The number of rotatable bonds is 3. The van der Waals surface area contributed by atoms with Crippen LogP contribution < -0.4 is 14.2 Å². The van der Waals surface area contributed by atoms with Crippen molar-refractivity contribution in [3.63, 3.8) is 0 Å². The average molecular weight is 300 g/mol. The first-order chi connectivity index (χ1) is 10.6. The Hall–Kier alpha value is -2.53. The van der Waals surface area contributed by atoms with E-state index in [9.17, 15) is 9.90 Å². The highest BCUT2D eigenvalue weighted by Crippen LogP contribution is 2.37. The Morgan fingerprint density at radius 1 is 1.00 bits per heavy atom. The van der Waals surface area contributed by atoms with Crippen LogP contribution in [-0.2, 0) is 0 Å². The van der Waals surface area contributed by atoms with Gasteiger partial charge in [0.25, 0.3) is 0 Å². The molecule has 2 atom stereocenters. The average Bonchev–Trinajstić information content (AvgIpc) is 2.57. The highest BCUT2D eigenvalue weighted by atomic mass is 16.5. The molecule has 0 unspecified atom stereocenters. The van der Waals surface area contributed by atoms with E-state index < -0.39 is 12.2 Å². The highest BCUT2D eigenvalue weighted by molar-refractivity contribution is 6.03. The van der Waals surface area contributed by atoms with E-state index in [0.29, 0.717) is 28.4 Å². The molecule has 1 heterocycles. The Kier molecular flexibility index (Phi) is 3.73. The summed E-state index contributed by atoms with van der Waals surface area (Å²) in [6.45, 7) is 0. The number of carbonyl (C=O) groups is 1. The van der Waals surface area contributed by atoms with Crippen molar-refractivity contribution in [2.45, 2.75) is 12.2 Å². The molecule has 5 heteroatoms. The lowest BCUT2D eigenvalue weighted by Crippen LogP contribution is -2.36. The molecule has 0 bridgehead atoms. The molecule has 1 aliphatic heterocycles. The number of benzene rings is 2. The molecule has 0 fully saturated rings. The normalized spacial score (nSPS) is 20.0. The lowest BCUT2D eigenvalue weighted by molar-refractivity contribution is 0.0215. The Balaban J connectivity index is 1.97. The Labute approximate surface area is 128 Å². The molecule has 0 amide bonds. The van der Waals surface area contributed by atoms with Crippen molar-refractivity contribution in [2.24, 2.45) is 0 Å². The zero-order chi connectivity index (χ0) is 15.7. The van der Waals surface area contributed by atoms with Gasteiger partial charge in [0.2, 0.25) is 0 Å². The van der Waals surface area contributed by atoms with Crippen LogP contribution in [0.5, 0.6) is 17.2 Å². The van der Waals surface area contributed by atoms with Crippen molar-refractivity contribution in [1.82, 2.24) is 0 Å². The molecule has 0 aromatic heterocycles. The quantitative estimate of drug-likeness (QED) is 0.943. The predicted octanol–water partition coefficient (Wildman–Crippen LogP) is 2.38. The largest absolute Gasteiger partial charge is 0.497 e. The summed E-state index contributed by atoms with van der Waals surface area (Å²) in [5, 5.41) is 10.3. The van der Waals surface area contributed by atoms with Crippen molar-refractivity contribution >= 4 is 5.78 Å². The van der Waals surface area contributed by atoms with E-state index in [0.717, 1.165) is 0 Å². The fourth-order valence-electron chi connectivity index (χ4n) is 2.47. The summed E-state index contributed by atoms with van der Waals surface area (Å²) in [5.74, 6) is 1.35. The van der Waals surface area contributed by atoms with Gasteiger partial charge < -0.3 is 19.3 Å². The first-order valence-corrected chi connectivity index (χ1v) is 6.85. The predicted molar refractivity (Wildman–Crippen MR) is 79.7 cm³/mol. The molecule has 0 aliphatic carbocycles. The van der Waals surface area contributed by atoms with E-state index in [1.54, 1.807) is 56.7 Å². The maximum atomic E-state index is 12.3. The van der Waals surface area contributed by atoms with E-state index >= 15 is 0 Å². The molecule has 114 valence electrons. The van der Waals surface area contributed by atoms with Crippen LogP contribution in [0.2, 0.25) is 0 Å². The van der Waals surface area contributed by atoms with Crippen molar-refractivity contribution in [1.29, 1.82) is 0 Å². The van der Waals surface area contributed by atoms with Gasteiger partial charge in [-0.25, -0.2) is 0 Å². The second kappa shape index (κ2) is 5.69. The van der Waals surface area contributed by atoms with E-state index in [-0.39, 0.29) is 5.78 Å². The number of Topliss-reactive ketones (excluding diaryl/α,β-unsaturated/α-hetero) is 1. The summed E-state index contributed by atoms with van der Waals surface area (Å²) < 4.78 is 16.1. The topological polar surface area (TPSA) is 65.0 Å². The minimum absolute atomic E-state index is 0.357. The number of aliphatic hydroxyl groups is 1. The minimum Gasteiger partial charge on any atom is -0.497 e. The molecule has 2 aromatic carbocycles. The number of methoxy groups -OCH3 is 2. The third kappa shape index (κ3) is 2.40. The summed E-state index contributed by atoms with van der Waals surface area (Å²) in [6, 6.07) is 12.0. The van der Waals surface area contributed by atoms with Gasteiger partial charge in [-0.05, 0) is 29.8 Å². The van der Waals surface area contributed by atoms with Gasteiger partial charge in [0, 0.05) is 6.07 Å². The number of hydrogen-bond donors (Lipinski definition) is 1. The second-order valence-corrected chi connectivity index (χ2v) is 4.98. The third-order valence-electron chi connectivity index (χ3n) is 3.71. The molecule has 22 heavy (non-hydrogen) atoms. The number of aliphatic hydroxyl groups excluding tert-OH is 1. The van der Waals surface area contributed by atoms with Crippen molar-refractivity contribution in [3.8, 4) is 17.2 Å². The summed E-state index contributed by atoms with van der Waals surface area (Å²) >= 11 is 0. The highest BCUT2D eigenvalue weighted by Gasteiger charge is 2.37. The lowest BCUT2D eigenvalue weighted by Gasteiger charge is -2.30. The molecular weight excluding hydrogens is 284 g/mol. The van der Waals surface area contributed by atoms with Gasteiger partial charge in [0.05, 0.1) is 19.8 Å². The van der Waals surface area contributed by atoms with E-state index in [4.69, 9.17) is 14.2 Å². The van der Waals surface area contributed by atoms with Crippen LogP contribution in [0, 0.1) is 0 Å². The number of carbonyl (C=O) groups excluding carboxylic acids is 1. The van der Waals surface area contributed by atoms with Gasteiger partial charge in [-0.3, -0.25) is 4.79 Å². The first-order valence-electron chi connectivity index (χ1n) is 6.85. The molecule has 0 spiro atoms. The Morgan fingerprint density at radius 2 is 1.64 bits per heavy atom. The summed E-state index contributed by atoms with van der Waals surface area (Å²) in [4.78, 5) is 12.3. The number of ether oxygens (including phenoxy) is 3. The Bertz CT molecular complexity index is 693. The molecule has 0 radical (unpaired) electrons. The zero-order valence-corrected chi connectivity index (χ0v) is 12.3. The molecule has 1 N–H and O–H groups in total. The molecule has 1 aliphatic rings.